The highest BCUT2D eigenvalue weighted by molar-refractivity contribution is 5.85. The molecule has 0 aliphatic heterocycles. The van der Waals surface area contributed by atoms with Gasteiger partial charge in [0.25, 0.3) is 0 Å². The molecule has 0 radical (unpaired) electrons. The van der Waals surface area contributed by atoms with Crippen molar-refractivity contribution < 1.29 is 0 Å². The Kier molecular flexibility index (Phi) is 6.88. The smallest absolute Gasteiger partial charge is 0.137 e. The van der Waals surface area contributed by atoms with Gasteiger partial charge in [-0.2, -0.15) is 0 Å². The summed E-state index contributed by atoms with van der Waals surface area (Å²) in [6.07, 6.45) is 2.70. The topological polar surface area (TPSA) is 54.7 Å². The maximum Gasteiger partial charge on any atom is 0.137 e. The molecule has 2 rings (SSSR count). The Hall–Kier alpha value is -1.03. The third-order valence-electron chi connectivity index (χ3n) is 2.37. The molecule has 0 aliphatic carbocycles. The molecule has 0 fully saturated rings. The fourth-order valence-corrected chi connectivity index (χ4v) is 1.50. The number of H-pyrrole nitrogens is 1. The summed E-state index contributed by atoms with van der Waals surface area (Å²) in [6, 6.07) is 8.31. The van der Waals surface area contributed by atoms with Gasteiger partial charge in [0.2, 0.25) is 0 Å². The zero-order valence-corrected chi connectivity index (χ0v) is 11.3. The molecule has 3 nitrogen and oxygen atoms in total. The van der Waals surface area contributed by atoms with Crippen molar-refractivity contribution in [3.05, 3.63) is 41.7 Å². The molecule has 0 amide bonds. The Labute approximate surface area is 114 Å². The van der Waals surface area contributed by atoms with E-state index in [1.165, 1.54) is 5.56 Å². The zero-order valence-electron chi connectivity index (χ0n) is 9.64. The normalized spacial score (nSPS) is 9.29. The lowest BCUT2D eigenvalue weighted by molar-refractivity contribution is 0.936. The summed E-state index contributed by atoms with van der Waals surface area (Å²) in [6.45, 7) is 2.72. The number of benzene rings is 1. The van der Waals surface area contributed by atoms with E-state index in [4.69, 9.17) is 5.73 Å². The molecule has 2 aromatic rings. The first-order valence-corrected chi connectivity index (χ1v) is 5.10. The lowest BCUT2D eigenvalue weighted by Crippen LogP contribution is -2.02. The van der Waals surface area contributed by atoms with Gasteiger partial charge < -0.3 is 10.7 Å². The molecular weight excluding hydrogens is 257 g/mol. The number of hydrogen-bond acceptors (Lipinski definition) is 2. The van der Waals surface area contributed by atoms with Crippen LogP contribution in [-0.4, -0.2) is 16.5 Å². The van der Waals surface area contributed by atoms with Crippen LogP contribution in [0.5, 0.6) is 0 Å². The number of nitrogens with two attached hydrogens (primary N) is 1. The first-order chi connectivity index (χ1) is 7.29. The van der Waals surface area contributed by atoms with E-state index >= 15 is 0 Å². The number of nitrogens with one attached hydrogen (secondary N) is 1. The second-order valence-corrected chi connectivity index (χ2v) is 3.66. The average molecular weight is 274 g/mol. The van der Waals surface area contributed by atoms with E-state index in [9.17, 15) is 0 Å². The van der Waals surface area contributed by atoms with Crippen molar-refractivity contribution in [3.63, 3.8) is 0 Å². The Balaban J connectivity index is 0.00000128. The Bertz CT molecular complexity index is 437. The van der Waals surface area contributed by atoms with Gasteiger partial charge in [0.05, 0.1) is 0 Å². The number of nitrogens with zero attached hydrogens (tertiary/aromatic N) is 1. The van der Waals surface area contributed by atoms with E-state index in [-0.39, 0.29) is 24.8 Å². The van der Waals surface area contributed by atoms with Gasteiger partial charge in [0.1, 0.15) is 5.82 Å². The molecular formula is C12H17Cl2N3. The zero-order chi connectivity index (χ0) is 10.7. The van der Waals surface area contributed by atoms with E-state index in [1.54, 1.807) is 0 Å². The molecule has 1 aromatic heterocycles. The molecule has 1 aromatic carbocycles. The highest BCUT2D eigenvalue weighted by Gasteiger charge is 2.02. The molecule has 0 spiro atoms. The van der Waals surface area contributed by atoms with Crippen molar-refractivity contribution in [2.75, 3.05) is 6.54 Å². The molecule has 3 N–H and O–H groups in total. The van der Waals surface area contributed by atoms with Crippen molar-refractivity contribution >= 4 is 24.8 Å². The maximum atomic E-state index is 5.48. The molecule has 17 heavy (non-hydrogen) atoms. The van der Waals surface area contributed by atoms with Gasteiger partial charge in [0, 0.05) is 23.9 Å². The standard InChI is InChI=1S/C12H15N3.2ClH/c1-9-2-4-10(5-3-9)12-14-8-11(15-12)6-7-13;;/h2-5,8H,6-7,13H2,1H3,(H,14,15);2*1H. The molecule has 94 valence electrons. The molecule has 0 unspecified atom stereocenters. The molecule has 0 saturated heterocycles. The predicted octanol–water partition coefficient (Wildman–Crippen LogP) is 2.73. The summed E-state index contributed by atoms with van der Waals surface area (Å²) in [5, 5.41) is 0. The second kappa shape index (κ2) is 7.33. The van der Waals surface area contributed by atoms with Crippen LogP contribution in [0.4, 0.5) is 0 Å². The highest BCUT2D eigenvalue weighted by atomic mass is 35.5. The Morgan fingerprint density at radius 1 is 1.18 bits per heavy atom. The van der Waals surface area contributed by atoms with Gasteiger partial charge in [-0.1, -0.05) is 29.8 Å². The molecule has 0 bridgehead atoms. The summed E-state index contributed by atoms with van der Waals surface area (Å²) < 4.78 is 0. The fourth-order valence-electron chi connectivity index (χ4n) is 1.50. The minimum absolute atomic E-state index is 0. The van der Waals surface area contributed by atoms with Crippen LogP contribution in [-0.2, 0) is 6.42 Å². The van der Waals surface area contributed by atoms with Crippen molar-refractivity contribution in [3.8, 4) is 11.4 Å². The van der Waals surface area contributed by atoms with E-state index < -0.39 is 0 Å². The van der Waals surface area contributed by atoms with Crippen LogP contribution in [0.3, 0.4) is 0 Å². The molecule has 0 saturated carbocycles. The number of aromatic nitrogens is 2. The van der Waals surface area contributed by atoms with Crippen LogP contribution < -0.4 is 5.73 Å². The van der Waals surface area contributed by atoms with E-state index in [2.05, 4.69) is 41.2 Å². The quantitative estimate of drug-likeness (QED) is 0.904. The van der Waals surface area contributed by atoms with Gasteiger partial charge in [-0.05, 0) is 13.5 Å². The summed E-state index contributed by atoms with van der Waals surface area (Å²) in [4.78, 5) is 7.58. The van der Waals surface area contributed by atoms with Gasteiger partial charge in [-0.25, -0.2) is 4.98 Å². The number of rotatable bonds is 3. The van der Waals surface area contributed by atoms with Crippen molar-refractivity contribution in [2.24, 2.45) is 5.73 Å². The fraction of sp³-hybridized carbons (Fsp3) is 0.250. The lowest BCUT2D eigenvalue weighted by atomic mass is 10.1. The largest absolute Gasteiger partial charge is 0.342 e. The van der Waals surface area contributed by atoms with Gasteiger partial charge in [-0.3, -0.25) is 0 Å². The number of aromatic amines is 1. The van der Waals surface area contributed by atoms with Crippen molar-refractivity contribution in [2.45, 2.75) is 13.3 Å². The van der Waals surface area contributed by atoms with Gasteiger partial charge in [0.15, 0.2) is 0 Å². The monoisotopic (exact) mass is 273 g/mol. The Morgan fingerprint density at radius 3 is 2.41 bits per heavy atom. The number of aryl methyl sites for hydroxylation is 1. The van der Waals surface area contributed by atoms with Crippen LogP contribution in [0.2, 0.25) is 0 Å². The Morgan fingerprint density at radius 2 is 1.82 bits per heavy atom. The number of hydrogen-bond donors (Lipinski definition) is 2. The first-order valence-electron chi connectivity index (χ1n) is 5.10. The lowest BCUT2D eigenvalue weighted by Gasteiger charge is -1.97. The summed E-state index contributed by atoms with van der Waals surface area (Å²) in [7, 11) is 0. The average Bonchev–Trinajstić information content (AvgIpc) is 2.68. The SMILES string of the molecule is Cc1ccc(-c2ncc(CCN)[nH]2)cc1.Cl.Cl. The third kappa shape index (κ3) is 4.04. The van der Waals surface area contributed by atoms with Crippen LogP contribution >= 0.6 is 24.8 Å². The van der Waals surface area contributed by atoms with Crippen molar-refractivity contribution in [1.82, 2.24) is 9.97 Å². The summed E-state index contributed by atoms with van der Waals surface area (Å²) in [5.74, 6) is 0.915. The van der Waals surface area contributed by atoms with Crippen LogP contribution in [0.15, 0.2) is 30.5 Å². The minimum Gasteiger partial charge on any atom is -0.342 e. The molecule has 0 atom stereocenters. The van der Waals surface area contributed by atoms with Gasteiger partial charge >= 0.3 is 0 Å². The second-order valence-electron chi connectivity index (χ2n) is 3.66. The maximum absolute atomic E-state index is 5.48. The van der Waals surface area contributed by atoms with Crippen molar-refractivity contribution in [1.29, 1.82) is 0 Å². The molecule has 0 aliphatic rings. The van der Waals surface area contributed by atoms with E-state index in [0.29, 0.717) is 6.54 Å². The van der Waals surface area contributed by atoms with E-state index in [1.807, 2.05) is 6.20 Å². The summed E-state index contributed by atoms with van der Waals surface area (Å²) in [5.41, 5.74) is 8.94. The van der Waals surface area contributed by atoms with Gasteiger partial charge in [-0.15, -0.1) is 24.8 Å². The first kappa shape index (κ1) is 16.0. The molecule has 5 heteroatoms. The van der Waals surface area contributed by atoms with E-state index in [0.717, 1.165) is 23.5 Å². The minimum atomic E-state index is 0. The third-order valence-corrected chi connectivity index (χ3v) is 2.37. The number of halogens is 2. The van der Waals surface area contributed by atoms with Crippen LogP contribution in [0.25, 0.3) is 11.4 Å². The van der Waals surface area contributed by atoms with Crippen LogP contribution in [0, 0.1) is 6.92 Å². The van der Waals surface area contributed by atoms with Crippen LogP contribution in [0.1, 0.15) is 11.3 Å². The number of imidazole rings is 1. The predicted molar refractivity (Wildman–Crippen MR) is 76.0 cm³/mol. The highest BCUT2D eigenvalue weighted by Crippen LogP contribution is 2.16. The summed E-state index contributed by atoms with van der Waals surface area (Å²) >= 11 is 0. The molecule has 1 heterocycles.